The van der Waals surface area contributed by atoms with Gasteiger partial charge in [-0.05, 0) is 49.2 Å². The van der Waals surface area contributed by atoms with E-state index in [1.807, 2.05) is 24.3 Å². The molecule has 7 nitrogen and oxygen atoms in total. The van der Waals surface area contributed by atoms with Gasteiger partial charge in [-0.15, -0.1) is 0 Å². The van der Waals surface area contributed by atoms with Gasteiger partial charge >= 0.3 is 0 Å². The van der Waals surface area contributed by atoms with Crippen molar-refractivity contribution in [3.63, 3.8) is 0 Å². The van der Waals surface area contributed by atoms with E-state index in [0.29, 0.717) is 16.8 Å². The second kappa shape index (κ2) is 7.90. The molecule has 2 heterocycles. The van der Waals surface area contributed by atoms with Crippen molar-refractivity contribution in [1.29, 1.82) is 0 Å². The van der Waals surface area contributed by atoms with Crippen molar-refractivity contribution >= 4 is 22.9 Å². The summed E-state index contributed by atoms with van der Waals surface area (Å²) in [6, 6.07) is 12.9. The topological polar surface area (TPSA) is 98.5 Å². The summed E-state index contributed by atoms with van der Waals surface area (Å²) in [6.45, 7) is 4.78. The molecule has 1 aliphatic heterocycles. The van der Waals surface area contributed by atoms with Gasteiger partial charge in [-0.25, -0.2) is 4.98 Å². The monoisotopic (exact) mass is 379 g/mol. The molecule has 2 aromatic carbocycles. The summed E-state index contributed by atoms with van der Waals surface area (Å²) in [4.78, 5) is 24.3. The minimum atomic E-state index is -0.458. The SMILES string of the molecule is NC(=O)c1cccc2[nH]c(N3CCCN(CCc4ccc(O)cc4)CC3)nc12. The lowest BCUT2D eigenvalue weighted by Gasteiger charge is -2.21. The zero-order chi connectivity index (χ0) is 19.5. The number of H-pyrrole nitrogens is 1. The number of phenolic OH excluding ortho intramolecular Hbond substituents is 1. The average molecular weight is 379 g/mol. The number of aromatic nitrogens is 2. The number of nitrogens with one attached hydrogen (secondary N) is 1. The van der Waals surface area contributed by atoms with Crippen LogP contribution in [-0.2, 0) is 6.42 Å². The molecule has 28 heavy (non-hydrogen) atoms. The summed E-state index contributed by atoms with van der Waals surface area (Å²) < 4.78 is 0. The molecule has 0 aliphatic carbocycles. The third-order valence-corrected chi connectivity index (χ3v) is 5.31. The summed E-state index contributed by atoms with van der Waals surface area (Å²) in [7, 11) is 0. The van der Waals surface area contributed by atoms with Crippen LogP contribution in [0.4, 0.5) is 5.95 Å². The van der Waals surface area contributed by atoms with Gasteiger partial charge in [0.1, 0.15) is 11.3 Å². The molecular formula is C21H25N5O2. The number of hydrogen-bond donors (Lipinski definition) is 3. The molecule has 0 bridgehead atoms. The Balaban J connectivity index is 1.41. The van der Waals surface area contributed by atoms with Gasteiger partial charge in [0.2, 0.25) is 5.95 Å². The van der Waals surface area contributed by atoms with Crippen LogP contribution in [0.1, 0.15) is 22.3 Å². The minimum absolute atomic E-state index is 0.305. The number of nitrogens with two attached hydrogens (primary N) is 1. The Hall–Kier alpha value is -3.06. The van der Waals surface area contributed by atoms with Gasteiger partial charge in [-0.1, -0.05) is 18.2 Å². The number of carbonyl (C=O) groups excluding carboxylic acids is 1. The van der Waals surface area contributed by atoms with E-state index in [1.54, 1.807) is 18.2 Å². The van der Waals surface area contributed by atoms with Gasteiger partial charge < -0.3 is 25.6 Å². The lowest BCUT2D eigenvalue weighted by molar-refractivity contribution is 0.100. The molecule has 1 aromatic heterocycles. The Morgan fingerprint density at radius 2 is 1.93 bits per heavy atom. The quantitative estimate of drug-likeness (QED) is 0.631. The van der Waals surface area contributed by atoms with Crippen molar-refractivity contribution in [1.82, 2.24) is 14.9 Å². The van der Waals surface area contributed by atoms with Gasteiger partial charge in [0.15, 0.2) is 0 Å². The first kappa shape index (κ1) is 18.3. The second-order valence-corrected chi connectivity index (χ2v) is 7.23. The van der Waals surface area contributed by atoms with Crippen molar-refractivity contribution in [2.24, 2.45) is 5.73 Å². The van der Waals surface area contributed by atoms with E-state index in [2.05, 4.69) is 19.8 Å². The fraction of sp³-hybridized carbons (Fsp3) is 0.333. The maximum absolute atomic E-state index is 11.6. The van der Waals surface area contributed by atoms with Crippen LogP contribution in [0.25, 0.3) is 11.0 Å². The lowest BCUT2D eigenvalue weighted by Crippen LogP contribution is -2.32. The standard InChI is InChI=1S/C21H25N5O2/c22-20(28)17-3-1-4-18-19(17)24-21(23-18)26-11-2-10-25(13-14-26)12-9-15-5-7-16(27)8-6-15/h1,3-8,27H,2,9-14H2,(H2,22,28)(H,23,24). The predicted molar refractivity (Wildman–Crippen MR) is 110 cm³/mol. The van der Waals surface area contributed by atoms with Crippen LogP contribution in [0, 0.1) is 0 Å². The Labute approximate surface area is 163 Å². The molecule has 146 valence electrons. The van der Waals surface area contributed by atoms with Crippen molar-refractivity contribution in [3.05, 3.63) is 53.6 Å². The number of hydrogen-bond acceptors (Lipinski definition) is 5. The van der Waals surface area contributed by atoms with Crippen molar-refractivity contribution in [2.45, 2.75) is 12.8 Å². The maximum atomic E-state index is 11.6. The zero-order valence-corrected chi connectivity index (χ0v) is 15.8. The normalized spacial score (nSPS) is 15.6. The molecule has 1 amide bonds. The van der Waals surface area contributed by atoms with Crippen molar-refractivity contribution in [2.75, 3.05) is 37.6 Å². The third-order valence-electron chi connectivity index (χ3n) is 5.31. The second-order valence-electron chi connectivity index (χ2n) is 7.23. The Kier molecular flexibility index (Phi) is 5.16. The number of amides is 1. The van der Waals surface area contributed by atoms with Crippen LogP contribution in [0.2, 0.25) is 0 Å². The van der Waals surface area contributed by atoms with E-state index in [4.69, 9.17) is 5.73 Å². The van der Waals surface area contributed by atoms with Gasteiger partial charge in [0, 0.05) is 26.2 Å². The highest BCUT2D eigenvalue weighted by molar-refractivity contribution is 6.04. The van der Waals surface area contributed by atoms with Gasteiger partial charge in [0.25, 0.3) is 5.91 Å². The van der Waals surface area contributed by atoms with Crippen molar-refractivity contribution in [3.8, 4) is 5.75 Å². The van der Waals surface area contributed by atoms with Crippen LogP contribution in [0.15, 0.2) is 42.5 Å². The maximum Gasteiger partial charge on any atom is 0.250 e. The molecule has 1 aliphatic rings. The largest absolute Gasteiger partial charge is 0.508 e. The number of benzene rings is 2. The smallest absolute Gasteiger partial charge is 0.250 e. The summed E-state index contributed by atoms with van der Waals surface area (Å²) in [5, 5.41) is 9.40. The number of phenols is 1. The molecule has 0 atom stereocenters. The summed E-state index contributed by atoms with van der Waals surface area (Å²) in [6.07, 6.45) is 2.02. The number of aromatic hydroxyl groups is 1. The fourth-order valence-electron chi connectivity index (χ4n) is 3.72. The molecule has 0 radical (unpaired) electrons. The first-order chi connectivity index (χ1) is 13.6. The molecule has 4 N–H and O–H groups in total. The number of para-hydroxylation sites is 1. The summed E-state index contributed by atoms with van der Waals surface area (Å²) in [5.41, 5.74) is 8.62. The number of rotatable bonds is 5. The van der Waals surface area contributed by atoms with Crippen molar-refractivity contribution < 1.29 is 9.90 Å². The minimum Gasteiger partial charge on any atom is -0.508 e. The number of fused-ring (bicyclic) bond motifs is 1. The molecular weight excluding hydrogens is 354 g/mol. The number of nitrogens with zero attached hydrogens (tertiary/aromatic N) is 3. The van der Waals surface area contributed by atoms with Crippen LogP contribution in [0.5, 0.6) is 5.75 Å². The molecule has 1 saturated heterocycles. The van der Waals surface area contributed by atoms with E-state index in [9.17, 15) is 9.90 Å². The van der Waals surface area contributed by atoms with Gasteiger partial charge in [-0.3, -0.25) is 4.79 Å². The van der Waals surface area contributed by atoms with Gasteiger partial charge in [0.05, 0.1) is 11.1 Å². The Morgan fingerprint density at radius 3 is 2.71 bits per heavy atom. The first-order valence-electron chi connectivity index (χ1n) is 9.64. The molecule has 7 heteroatoms. The van der Waals surface area contributed by atoms with E-state index in [0.717, 1.165) is 57.0 Å². The fourth-order valence-corrected chi connectivity index (χ4v) is 3.72. The summed E-state index contributed by atoms with van der Waals surface area (Å²) in [5.74, 6) is 0.642. The Bertz CT molecular complexity index is 967. The highest BCUT2D eigenvalue weighted by Gasteiger charge is 2.19. The number of imidazole rings is 1. The molecule has 0 unspecified atom stereocenters. The summed E-state index contributed by atoms with van der Waals surface area (Å²) >= 11 is 0. The van der Waals surface area contributed by atoms with Crippen LogP contribution < -0.4 is 10.6 Å². The van der Waals surface area contributed by atoms with E-state index in [1.165, 1.54) is 5.56 Å². The molecule has 0 saturated carbocycles. The lowest BCUT2D eigenvalue weighted by atomic mass is 10.1. The number of aromatic amines is 1. The van der Waals surface area contributed by atoms with Crippen LogP contribution in [-0.4, -0.2) is 58.6 Å². The average Bonchev–Trinajstić information content (AvgIpc) is 2.99. The van der Waals surface area contributed by atoms with Crippen LogP contribution >= 0.6 is 0 Å². The number of primary amides is 1. The highest BCUT2D eigenvalue weighted by atomic mass is 16.3. The highest BCUT2D eigenvalue weighted by Crippen LogP contribution is 2.22. The number of anilines is 1. The first-order valence-corrected chi connectivity index (χ1v) is 9.64. The third kappa shape index (κ3) is 3.94. The Morgan fingerprint density at radius 1 is 1.11 bits per heavy atom. The molecule has 1 fully saturated rings. The molecule has 0 spiro atoms. The zero-order valence-electron chi connectivity index (χ0n) is 15.8. The van der Waals surface area contributed by atoms with E-state index >= 15 is 0 Å². The predicted octanol–water partition coefficient (Wildman–Crippen LogP) is 2.12. The molecule has 4 rings (SSSR count). The molecule has 3 aromatic rings. The van der Waals surface area contributed by atoms with Gasteiger partial charge in [-0.2, -0.15) is 0 Å². The van der Waals surface area contributed by atoms with E-state index in [-0.39, 0.29) is 0 Å². The number of carbonyl (C=O) groups is 1. The van der Waals surface area contributed by atoms with E-state index < -0.39 is 5.91 Å². The van der Waals surface area contributed by atoms with Crippen LogP contribution in [0.3, 0.4) is 0 Å².